The van der Waals surface area contributed by atoms with Gasteiger partial charge in [0.2, 0.25) is 0 Å². The van der Waals surface area contributed by atoms with Crippen molar-refractivity contribution in [2.24, 2.45) is 4.99 Å². The third-order valence-corrected chi connectivity index (χ3v) is 6.41. The maximum Gasteiger partial charge on any atom is 0.191 e. The van der Waals surface area contributed by atoms with Gasteiger partial charge in [-0.1, -0.05) is 44.2 Å². The quantitative estimate of drug-likeness (QED) is 0.473. The molecule has 0 heterocycles. The molecule has 0 bridgehead atoms. The first-order valence-electron chi connectivity index (χ1n) is 10.0. The Morgan fingerprint density at radius 2 is 1.74 bits per heavy atom. The van der Waals surface area contributed by atoms with Crippen LogP contribution in [0.3, 0.4) is 0 Å². The SMILES string of the molecule is CCNC(=NCC(c1ccccc1)N(CC)CC)NCCS(=O)C(C)(C)C. The van der Waals surface area contributed by atoms with E-state index in [1.807, 2.05) is 26.8 Å². The average Bonchev–Trinajstić information content (AvgIpc) is 2.64. The Bertz CT molecular complexity index is 580. The first-order chi connectivity index (χ1) is 12.8. The van der Waals surface area contributed by atoms with Gasteiger partial charge in [0.05, 0.1) is 12.6 Å². The van der Waals surface area contributed by atoms with Gasteiger partial charge in [-0.2, -0.15) is 0 Å². The number of nitrogens with zero attached hydrogens (tertiary/aromatic N) is 2. The highest BCUT2D eigenvalue weighted by atomic mass is 32.2. The van der Waals surface area contributed by atoms with E-state index in [4.69, 9.17) is 4.99 Å². The van der Waals surface area contributed by atoms with Gasteiger partial charge >= 0.3 is 0 Å². The zero-order valence-electron chi connectivity index (χ0n) is 17.9. The van der Waals surface area contributed by atoms with Crippen LogP contribution < -0.4 is 10.6 Å². The van der Waals surface area contributed by atoms with Gasteiger partial charge in [-0.15, -0.1) is 0 Å². The molecule has 0 amide bonds. The van der Waals surface area contributed by atoms with E-state index in [0.717, 1.165) is 25.6 Å². The van der Waals surface area contributed by atoms with Gasteiger partial charge in [0.15, 0.2) is 5.96 Å². The summed E-state index contributed by atoms with van der Waals surface area (Å²) in [5.74, 6) is 1.41. The van der Waals surface area contributed by atoms with Crippen molar-refractivity contribution in [1.29, 1.82) is 0 Å². The third-order valence-electron chi connectivity index (χ3n) is 4.47. The topological polar surface area (TPSA) is 56.7 Å². The molecule has 1 aromatic rings. The lowest BCUT2D eigenvalue weighted by atomic mass is 10.1. The van der Waals surface area contributed by atoms with E-state index in [-0.39, 0.29) is 10.8 Å². The van der Waals surface area contributed by atoms with Gasteiger partial charge in [-0.3, -0.25) is 14.1 Å². The van der Waals surface area contributed by atoms with Crippen molar-refractivity contribution in [1.82, 2.24) is 15.5 Å². The fraction of sp³-hybridized carbons (Fsp3) is 0.667. The summed E-state index contributed by atoms with van der Waals surface area (Å²) in [6.07, 6.45) is 0. The number of benzene rings is 1. The summed E-state index contributed by atoms with van der Waals surface area (Å²) in [6.45, 7) is 16.6. The van der Waals surface area contributed by atoms with Gasteiger partial charge < -0.3 is 10.6 Å². The summed E-state index contributed by atoms with van der Waals surface area (Å²) >= 11 is 0. The van der Waals surface area contributed by atoms with E-state index in [9.17, 15) is 4.21 Å². The number of hydrogen-bond acceptors (Lipinski definition) is 3. The fourth-order valence-electron chi connectivity index (χ4n) is 2.86. The van der Waals surface area contributed by atoms with Crippen LogP contribution in [0.5, 0.6) is 0 Å². The van der Waals surface area contributed by atoms with Crippen LogP contribution >= 0.6 is 0 Å². The molecule has 6 heteroatoms. The summed E-state index contributed by atoms with van der Waals surface area (Å²) < 4.78 is 12.0. The lowest BCUT2D eigenvalue weighted by Gasteiger charge is -2.29. The minimum absolute atomic E-state index is 0.182. The van der Waals surface area contributed by atoms with Gasteiger partial charge in [0.25, 0.3) is 0 Å². The molecule has 0 aliphatic rings. The number of aliphatic imine (C=N–C) groups is 1. The number of rotatable bonds is 10. The molecule has 0 radical (unpaired) electrons. The number of likely N-dealkylation sites (N-methyl/N-ethyl adjacent to an activating group) is 1. The fourth-order valence-corrected chi connectivity index (χ4v) is 3.76. The molecule has 0 spiro atoms. The molecule has 5 nitrogen and oxygen atoms in total. The molecule has 0 aliphatic carbocycles. The van der Waals surface area contributed by atoms with E-state index >= 15 is 0 Å². The minimum Gasteiger partial charge on any atom is -0.357 e. The van der Waals surface area contributed by atoms with Gasteiger partial charge in [0, 0.05) is 34.4 Å². The lowest BCUT2D eigenvalue weighted by molar-refractivity contribution is 0.224. The Morgan fingerprint density at radius 3 is 2.26 bits per heavy atom. The molecule has 27 heavy (non-hydrogen) atoms. The third kappa shape index (κ3) is 8.43. The Balaban J connectivity index is 2.80. The Kier molecular flexibility index (Phi) is 10.6. The van der Waals surface area contributed by atoms with Crippen molar-refractivity contribution in [3.05, 3.63) is 35.9 Å². The molecular formula is C21H38N4OS. The van der Waals surface area contributed by atoms with Crippen molar-refractivity contribution in [3.63, 3.8) is 0 Å². The van der Waals surface area contributed by atoms with E-state index < -0.39 is 10.8 Å². The zero-order valence-corrected chi connectivity index (χ0v) is 18.7. The van der Waals surface area contributed by atoms with E-state index in [1.54, 1.807) is 0 Å². The van der Waals surface area contributed by atoms with Crippen LogP contribution in [0.15, 0.2) is 35.3 Å². The Labute approximate surface area is 168 Å². The van der Waals surface area contributed by atoms with Crippen LogP contribution in [-0.4, -0.2) is 58.3 Å². The summed E-state index contributed by atoms with van der Waals surface area (Å²) in [4.78, 5) is 7.25. The van der Waals surface area contributed by atoms with Crippen LogP contribution in [0, 0.1) is 0 Å². The van der Waals surface area contributed by atoms with Gasteiger partial charge in [-0.05, 0) is 46.3 Å². The van der Waals surface area contributed by atoms with Gasteiger partial charge in [-0.25, -0.2) is 0 Å². The average molecular weight is 395 g/mol. The maximum absolute atomic E-state index is 12.2. The largest absolute Gasteiger partial charge is 0.357 e. The summed E-state index contributed by atoms with van der Waals surface area (Å²) in [6, 6.07) is 10.8. The van der Waals surface area contributed by atoms with Gasteiger partial charge in [0.1, 0.15) is 0 Å². The first kappa shape index (κ1) is 23.6. The maximum atomic E-state index is 12.2. The van der Waals surface area contributed by atoms with Crippen molar-refractivity contribution >= 4 is 16.8 Å². The number of hydrogen-bond donors (Lipinski definition) is 2. The van der Waals surface area contributed by atoms with Crippen molar-refractivity contribution < 1.29 is 4.21 Å². The highest BCUT2D eigenvalue weighted by molar-refractivity contribution is 7.86. The predicted molar refractivity (Wildman–Crippen MR) is 119 cm³/mol. The Hall–Kier alpha value is -1.40. The highest BCUT2D eigenvalue weighted by Gasteiger charge is 2.19. The molecule has 0 saturated heterocycles. The molecule has 1 aromatic carbocycles. The van der Waals surface area contributed by atoms with Crippen LogP contribution in [-0.2, 0) is 10.8 Å². The molecule has 1 rings (SSSR count). The second-order valence-electron chi connectivity index (χ2n) is 7.46. The summed E-state index contributed by atoms with van der Waals surface area (Å²) in [5.41, 5.74) is 1.29. The molecule has 0 fully saturated rings. The molecule has 2 atom stereocenters. The highest BCUT2D eigenvalue weighted by Crippen LogP contribution is 2.20. The van der Waals surface area contributed by atoms with Crippen molar-refractivity contribution in [2.75, 3.05) is 38.5 Å². The van der Waals surface area contributed by atoms with E-state index in [0.29, 0.717) is 18.8 Å². The van der Waals surface area contributed by atoms with Crippen LogP contribution in [0.2, 0.25) is 0 Å². The van der Waals surface area contributed by atoms with Crippen molar-refractivity contribution in [3.8, 4) is 0 Å². The summed E-state index contributed by atoms with van der Waals surface area (Å²) in [7, 11) is -0.864. The standard InChI is InChI=1S/C21H38N4OS/c1-7-22-20(23-15-16-27(26)21(4,5)6)24-17-19(25(8-2)9-3)18-13-11-10-12-14-18/h10-14,19H,7-9,15-17H2,1-6H3,(H2,22,23,24). The number of guanidine groups is 1. The molecule has 2 N–H and O–H groups in total. The molecular weight excluding hydrogens is 356 g/mol. The predicted octanol–water partition coefficient (Wildman–Crippen LogP) is 3.17. The second-order valence-corrected chi connectivity index (χ2v) is 9.78. The monoisotopic (exact) mass is 394 g/mol. The molecule has 2 unspecified atom stereocenters. The molecule has 0 aliphatic heterocycles. The molecule has 0 saturated carbocycles. The molecule has 154 valence electrons. The van der Waals surface area contributed by atoms with Crippen LogP contribution in [0.1, 0.15) is 53.1 Å². The smallest absolute Gasteiger partial charge is 0.191 e. The zero-order chi connectivity index (χ0) is 20.3. The molecule has 0 aromatic heterocycles. The van der Waals surface area contributed by atoms with E-state index in [1.165, 1.54) is 5.56 Å². The number of nitrogens with one attached hydrogen (secondary N) is 2. The van der Waals surface area contributed by atoms with Crippen LogP contribution in [0.25, 0.3) is 0 Å². The van der Waals surface area contributed by atoms with Crippen LogP contribution in [0.4, 0.5) is 0 Å². The van der Waals surface area contributed by atoms with Crippen molar-refractivity contribution in [2.45, 2.75) is 52.3 Å². The normalized spacial score (nSPS) is 14.9. The second kappa shape index (κ2) is 12.1. The van der Waals surface area contributed by atoms with E-state index in [2.05, 4.69) is 60.6 Å². The lowest BCUT2D eigenvalue weighted by Crippen LogP contribution is -2.41. The minimum atomic E-state index is -0.864. The summed E-state index contributed by atoms with van der Waals surface area (Å²) in [5, 5.41) is 6.63. The first-order valence-corrected chi connectivity index (χ1v) is 11.3. The Morgan fingerprint density at radius 1 is 1.11 bits per heavy atom.